The van der Waals surface area contributed by atoms with E-state index in [9.17, 15) is 8.42 Å². The molecule has 1 fully saturated rings. The molecular formula is C13H16BrNO2S. The van der Waals surface area contributed by atoms with E-state index < -0.39 is 9.84 Å². The Morgan fingerprint density at radius 3 is 2.83 bits per heavy atom. The fraction of sp³-hybridized carbons (Fsp3) is 0.538. The summed E-state index contributed by atoms with van der Waals surface area (Å²) in [5, 5.41) is 3.51. The Morgan fingerprint density at radius 2 is 2.11 bits per heavy atom. The van der Waals surface area contributed by atoms with Crippen molar-refractivity contribution in [2.24, 2.45) is 0 Å². The van der Waals surface area contributed by atoms with Crippen molar-refractivity contribution in [3.05, 3.63) is 33.8 Å². The molecule has 2 unspecified atom stereocenters. The van der Waals surface area contributed by atoms with E-state index in [1.165, 1.54) is 11.1 Å². The molecule has 0 spiro atoms. The van der Waals surface area contributed by atoms with Crippen LogP contribution in [0.15, 0.2) is 22.7 Å². The third kappa shape index (κ3) is 2.49. The predicted octanol–water partition coefficient (Wildman–Crippen LogP) is 2.21. The summed E-state index contributed by atoms with van der Waals surface area (Å²) in [5.74, 6) is 0.639. The van der Waals surface area contributed by atoms with Crippen LogP contribution in [-0.4, -0.2) is 26.0 Å². The molecule has 0 radical (unpaired) electrons. The van der Waals surface area contributed by atoms with Gasteiger partial charge in [-0.15, -0.1) is 0 Å². The van der Waals surface area contributed by atoms with Crippen LogP contribution in [0.3, 0.4) is 0 Å². The molecule has 0 amide bonds. The summed E-state index contributed by atoms with van der Waals surface area (Å²) in [6.45, 7) is 0. The van der Waals surface area contributed by atoms with Crippen molar-refractivity contribution in [1.82, 2.24) is 5.32 Å². The highest BCUT2D eigenvalue weighted by atomic mass is 79.9. The lowest BCUT2D eigenvalue weighted by Crippen LogP contribution is -2.32. The molecule has 3 nitrogen and oxygen atoms in total. The average Bonchev–Trinajstić information content (AvgIpc) is 2.83. The standard InChI is InChI=1S/C13H16BrNO2S/c14-10-2-3-12-9(7-10)1-4-13(12)15-11-5-6-18(16,17)8-11/h2-3,7,11,13,15H,1,4-6,8H2. The third-order valence-corrected chi connectivity index (χ3v) is 6.11. The number of fused-ring (bicyclic) bond motifs is 1. The van der Waals surface area contributed by atoms with E-state index in [1.807, 2.05) is 0 Å². The average molecular weight is 330 g/mol. The number of hydrogen-bond donors (Lipinski definition) is 1. The first-order valence-corrected chi connectivity index (χ1v) is 8.90. The van der Waals surface area contributed by atoms with E-state index in [4.69, 9.17) is 0 Å². The topological polar surface area (TPSA) is 46.2 Å². The molecule has 0 aromatic heterocycles. The van der Waals surface area contributed by atoms with Crippen molar-refractivity contribution in [2.75, 3.05) is 11.5 Å². The molecule has 2 aliphatic rings. The van der Waals surface area contributed by atoms with Crippen LogP contribution in [0.5, 0.6) is 0 Å². The first-order chi connectivity index (χ1) is 8.53. The van der Waals surface area contributed by atoms with Crippen LogP contribution >= 0.6 is 15.9 Å². The summed E-state index contributed by atoms with van der Waals surface area (Å²) in [7, 11) is -2.79. The molecule has 98 valence electrons. The normalized spacial score (nSPS) is 29.4. The molecule has 0 saturated carbocycles. The number of hydrogen-bond acceptors (Lipinski definition) is 3. The number of aryl methyl sites for hydroxylation is 1. The summed E-state index contributed by atoms with van der Waals surface area (Å²) in [4.78, 5) is 0. The van der Waals surface area contributed by atoms with Gasteiger partial charge in [-0.25, -0.2) is 8.42 Å². The van der Waals surface area contributed by atoms with Crippen LogP contribution in [-0.2, 0) is 16.3 Å². The summed E-state index contributed by atoms with van der Waals surface area (Å²) in [6, 6.07) is 6.83. The van der Waals surface area contributed by atoms with Crippen LogP contribution in [0.1, 0.15) is 30.0 Å². The second-order valence-corrected chi connectivity index (χ2v) is 8.35. The van der Waals surface area contributed by atoms with E-state index >= 15 is 0 Å². The Kier molecular flexibility index (Phi) is 3.24. The largest absolute Gasteiger partial charge is 0.306 e. The minimum absolute atomic E-state index is 0.134. The molecule has 1 aliphatic carbocycles. The van der Waals surface area contributed by atoms with Crippen molar-refractivity contribution >= 4 is 25.8 Å². The molecule has 0 bridgehead atoms. The fourth-order valence-corrected chi connectivity index (χ4v) is 5.06. The zero-order chi connectivity index (χ0) is 12.8. The lowest BCUT2D eigenvalue weighted by Gasteiger charge is -2.18. The SMILES string of the molecule is O=S1(=O)CCC(NC2CCc3cc(Br)ccc32)C1. The Balaban J connectivity index is 1.74. The molecule has 5 heteroatoms. The van der Waals surface area contributed by atoms with Crippen LogP contribution in [0, 0.1) is 0 Å². The first kappa shape index (κ1) is 12.6. The number of rotatable bonds is 2. The smallest absolute Gasteiger partial charge is 0.151 e. The van der Waals surface area contributed by atoms with Crippen LogP contribution < -0.4 is 5.32 Å². The molecular weight excluding hydrogens is 314 g/mol. The lowest BCUT2D eigenvalue weighted by atomic mass is 10.1. The minimum atomic E-state index is -2.79. The molecule has 1 aromatic carbocycles. The summed E-state index contributed by atoms with van der Waals surface area (Å²) in [5.41, 5.74) is 2.71. The van der Waals surface area contributed by atoms with Gasteiger partial charge >= 0.3 is 0 Å². The highest BCUT2D eigenvalue weighted by molar-refractivity contribution is 9.10. The molecule has 18 heavy (non-hydrogen) atoms. The van der Waals surface area contributed by atoms with E-state index in [0.29, 0.717) is 17.5 Å². The molecule has 1 aromatic rings. The molecule has 1 heterocycles. The Hall–Kier alpha value is -0.390. The zero-order valence-corrected chi connectivity index (χ0v) is 12.4. The van der Waals surface area contributed by atoms with Crippen LogP contribution in [0.25, 0.3) is 0 Å². The van der Waals surface area contributed by atoms with Gasteiger partial charge in [0.1, 0.15) is 0 Å². The van der Waals surface area contributed by atoms with Gasteiger partial charge in [0.05, 0.1) is 11.5 Å². The number of benzene rings is 1. The van der Waals surface area contributed by atoms with Gasteiger partial charge in [0.15, 0.2) is 9.84 Å². The lowest BCUT2D eigenvalue weighted by molar-refractivity contribution is 0.458. The van der Waals surface area contributed by atoms with Gasteiger partial charge in [-0.2, -0.15) is 0 Å². The summed E-state index contributed by atoms with van der Waals surface area (Å²) < 4.78 is 24.0. The van der Waals surface area contributed by atoms with Gasteiger partial charge in [-0.1, -0.05) is 22.0 Å². The minimum Gasteiger partial charge on any atom is -0.306 e. The quantitative estimate of drug-likeness (QED) is 0.904. The van der Waals surface area contributed by atoms with Crippen molar-refractivity contribution < 1.29 is 8.42 Å². The monoisotopic (exact) mass is 329 g/mol. The Labute approximate surface area is 116 Å². The molecule has 2 atom stereocenters. The van der Waals surface area contributed by atoms with Crippen molar-refractivity contribution in [3.63, 3.8) is 0 Å². The van der Waals surface area contributed by atoms with Crippen molar-refractivity contribution in [2.45, 2.75) is 31.3 Å². The van der Waals surface area contributed by atoms with Crippen LogP contribution in [0.4, 0.5) is 0 Å². The van der Waals surface area contributed by atoms with Gasteiger partial charge in [0, 0.05) is 16.6 Å². The zero-order valence-electron chi connectivity index (χ0n) is 10.0. The highest BCUT2D eigenvalue weighted by Crippen LogP contribution is 2.33. The third-order valence-electron chi connectivity index (χ3n) is 3.85. The Bertz CT molecular complexity index is 570. The van der Waals surface area contributed by atoms with Gasteiger partial charge in [0.2, 0.25) is 0 Å². The van der Waals surface area contributed by atoms with Gasteiger partial charge in [-0.05, 0) is 42.5 Å². The fourth-order valence-electron chi connectivity index (χ4n) is 2.97. The maximum atomic E-state index is 11.5. The van der Waals surface area contributed by atoms with Gasteiger partial charge in [-0.3, -0.25) is 0 Å². The van der Waals surface area contributed by atoms with Gasteiger partial charge in [0.25, 0.3) is 0 Å². The van der Waals surface area contributed by atoms with E-state index in [0.717, 1.165) is 23.7 Å². The Morgan fingerprint density at radius 1 is 1.28 bits per heavy atom. The summed E-state index contributed by atoms with van der Waals surface area (Å²) in [6.07, 6.45) is 2.90. The first-order valence-electron chi connectivity index (χ1n) is 6.28. The van der Waals surface area contributed by atoms with E-state index in [-0.39, 0.29) is 6.04 Å². The molecule has 3 rings (SSSR count). The summed E-state index contributed by atoms with van der Waals surface area (Å²) >= 11 is 3.49. The predicted molar refractivity (Wildman–Crippen MR) is 75.4 cm³/mol. The van der Waals surface area contributed by atoms with E-state index in [1.54, 1.807) is 0 Å². The number of sulfone groups is 1. The molecule has 1 N–H and O–H groups in total. The molecule has 1 saturated heterocycles. The molecule has 1 aliphatic heterocycles. The maximum absolute atomic E-state index is 11.5. The van der Waals surface area contributed by atoms with Gasteiger partial charge < -0.3 is 5.32 Å². The second-order valence-electron chi connectivity index (χ2n) is 5.20. The number of nitrogens with one attached hydrogen (secondary N) is 1. The maximum Gasteiger partial charge on any atom is 0.151 e. The number of halogens is 1. The highest BCUT2D eigenvalue weighted by Gasteiger charge is 2.31. The van der Waals surface area contributed by atoms with E-state index in [2.05, 4.69) is 39.4 Å². The second kappa shape index (κ2) is 4.62. The van der Waals surface area contributed by atoms with Crippen LogP contribution in [0.2, 0.25) is 0 Å². The van der Waals surface area contributed by atoms with Crippen molar-refractivity contribution in [3.8, 4) is 0 Å². The van der Waals surface area contributed by atoms with Crippen molar-refractivity contribution in [1.29, 1.82) is 0 Å².